The Bertz CT molecular complexity index is 515. The highest BCUT2D eigenvalue weighted by Crippen LogP contribution is 2.47. The first-order valence-corrected chi connectivity index (χ1v) is 7.35. The third kappa shape index (κ3) is 3.38. The van der Waals surface area contributed by atoms with Crippen molar-refractivity contribution in [2.24, 2.45) is 11.8 Å². The molecule has 0 radical (unpaired) electrons. The van der Waals surface area contributed by atoms with Crippen LogP contribution in [0.15, 0.2) is 24.3 Å². The van der Waals surface area contributed by atoms with Crippen molar-refractivity contribution in [2.75, 3.05) is 19.6 Å². The first-order chi connectivity index (χ1) is 9.61. The van der Waals surface area contributed by atoms with E-state index in [1.54, 1.807) is 12.1 Å². The zero-order chi connectivity index (χ0) is 14.2. The van der Waals surface area contributed by atoms with Gasteiger partial charge in [0.25, 0.3) is 0 Å². The molecule has 1 saturated heterocycles. The van der Waals surface area contributed by atoms with Gasteiger partial charge in [0.1, 0.15) is 5.82 Å². The predicted octanol–water partition coefficient (Wildman–Crippen LogP) is 2.25. The second kappa shape index (κ2) is 6.32. The number of carbonyl (C=O) groups excluding carboxylic acids is 1. The number of amides is 1. The first-order valence-electron chi connectivity index (χ1n) is 7.35. The summed E-state index contributed by atoms with van der Waals surface area (Å²) in [4.78, 5) is 12.1. The third-order valence-corrected chi connectivity index (χ3v) is 4.83. The van der Waals surface area contributed by atoms with Crippen LogP contribution in [0.25, 0.3) is 0 Å². The highest BCUT2D eigenvalue weighted by Gasteiger charge is 2.44. The molecule has 0 aromatic heterocycles. The second-order valence-corrected chi connectivity index (χ2v) is 6.22. The molecule has 2 N–H and O–H groups in total. The Morgan fingerprint density at radius 1 is 1.48 bits per heavy atom. The lowest BCUT2D eigenvalue weighted by atomic mass is 9.88. The number of hydrogen-bond donors (Lipinski definition) is 2. The lowest BCUT2D eigenvalue weighted by molar-refractivity contribution is -0.126. The summed E-state index contributed by atoms with van der Waals surface area (Å²) in [5.41, 5.74) is 0.978. The van der Waals surface area contributed by atoms with E-state index in [-0.39, 0.29) is 35.5 Å². The Kier molecular flexibility index (Phi) is 4.89. The molecule has 2 fully saturated rings. The molecule has 5 heteroatoms. The van der Waals surface area contributed by atoms with Crippen molar-refractivity contribution in [3.8, 4) is 0 Å². The molecule has 1 aromatic rings. The summed E-state index contributed by atoms with van der Waals surface area (Å²) < 4.78 is 13.3. The number of carbonyl (C=O) groups is 1. The van der Waals surface area contributed by atoms with Crippen LogP contribution >= 0.6 is 12.4 Å². The van der Waals surface area contributed by atoms with Crippen LogP contribution in [0.3, 0.4) is 0 Å². The summed E-state index contributed by atoms with van der Waals surface area (Å²) in [6, 6.07) is 6.76. The predicted molar refractivity (Wildman–Crippen MR) is 83.1 cm³/mol. The molecule has 1 aliphatic heterocycles. The summed E-state index contributed by atoms with van der Waals surface area (Å²) in [6.07, 6.45) is 2.05. The van der Waals surface area contributed by atoms with Gasteiger partial charge in [0.15, 0.2) is 0 Å². The molecule has 0 spiro atoms. The summed E-state index contributed by atoms with van der Waals surface area (Å²) in [5, 5.41) is 6.26. The molecule has 1 aromatic carbocycles. The van der Waals surface area contributed by atoms with Crippen LogP contribution in [-0.2, 0) is 10.2 Å². The molecule has 1 atom stereocenters. The quantitative estimate of drug-likeness (QED) is 0.875. The summed E-state index contributed by atoms with van der Waals surface area (Å²) in [5.74, 6) is 0.437. The topological polar surface area (TPSA) is 41.1 Å². The molecule has 1 unspecified atom stereocenters. The molecule has 116 valence electrons. The van der Waals surface area contributed by atoms with Gasteiger partial charge in [-0.15, -0.1) is 12.4 Å². The molecular weight excluding hydrogens is 291 g/mol. The van der Waals surface area contributed by atoms with Crippen LogP contribution in [0, 0.1) is 17.7 Å². The Morgan fingerprint density at radius 3 is 2.71 bits per heavy atom. The van der Waals surface area contributed by atoms with Crippen molar-refractivity contribution in [3.05, 3.63) is 35.6 Å². The molecule has 1 heterocycles. The summed E-state index contributed by atoms with van der Waals surface area (Å²) >= 11 is 0. The van der Waals surface area contributed by atoms with Crippen molar-refractivity contribution in [3.63, 3.8) is 0 Å². The van der Waals surface area contributed by atoms with E-state index in [1.165, 1.54) is 6.07 Å². The standard InChI is InChI=1S/C16H21FN2O.ClH/c1-11(12-8-18-9-12)15(20)19-10-16(5-6-16)13-3-2-4-14(17)7-13;/h2-4,7,11-12,18H,5-6,8-10H2,1H3,(H,19,20);1H. The van der Waals surface area contributed by atoms with Crippen LogP contribution in [0.4, 0.5) is 4.39 Å². The van der Waals surface area contributed by atoms with E-state index in [0.29, 0.717) is 12.5 Å². The van der Waals surface area contributed by atoms with Gasteiger partial charge >= 0.3 is 0 Å². The molecule has 21 heavy (non-hydrogen) atoms. The van der Waals surface area contributed by atoms with Gasteiger partial charge in [-0.05, 0) is 49.5 Å². The molecule has 1 aliphatic carbocycles. The fourth-order valence-corrected chi connectivity index (χ4v) is 2.83. The monoisotopic (exact) mass is 312 g/mol. The Hall–Kier alpha value is -1.13. The maximum Gasteiger partial charge on any atom is 0.223 e. The van der Waals surface area contributed by atoms with Crippen molar-refractivity contribution >= 4 is 18.3 Å². The van der Waals surface area contributed by atoms with Crippen LogP contribution in [0.2, 0.25) is 0 Å². The number of benzene rings is 1. The van der Waals surface area contributed by atoms with Gasteiger partial charge < -0.3 is 10.6 Å². The minimum absolute atomic E-state index is 0. The van der Waals surface area contributed by atoms with Crippen LogP contribution in [0.1, 0.15) is 25.3 Å². The minimum atomic E-state index is -0.200. The third-order valence-electron chi connectivity index (χ3n) is 4.83. The van der Waals surface area contributed by atoms with E-state index < -0.39 is 0 Å². The van der Waals surface area contributed by atoms with Crippen LogP contribution in [0.5, 0.6) is 0 Å². The fourth-order valence-electron chi connectivity index (χ4n) is 2.83. The Balaban J connectivity index is 0.00000161. The average molecular weight is 313 g/mol. The van der Waals surface area contributed by atoms with Gasteiger partial charge in [0, 0.05) is 17.9 Å². The fraction of sp³-hybridized carbons (Fsp3) is 0.562. The largest absolute Gasteiger partial charge is 0.355 e. The average Bonchev–Trinajstić information content (AvgIpc) is 3.15. The van der Waals surface area contributed by atoms with Gasteiger partial charge in [-0.3, -0.25) is 4.79 Å². The second-order valence-electron chi connectivity index (χ2n) is 6.22. The number of halogens is 2. The van der Waals surface area contributed by atoms with E-state index >= 15 is 0 Å². The molecule has 2 aliphatic rings. The molecule has 1 saturated carbocycles. The van der Waals surface area contributed by atoms with Gasteiger partial charge in [0.2, 0.25) is 5.91 Å². The van der Waals surface area contributed by atoms with Crippen molar-refractivity contribution in [1.82, 2.24) is 10.6 Å². The lowest BCUT2D eigenvalue weighted by Crippen LogP contribution is -2.50. The van der Waals surface area contributed by atoms with Gasteiger partial charge in [-0.2, -0.15) is 0 Å². The first kappa shape index (κ1) is 16.2. The highest BCUT2D eigenvalue weighted by molar-refractivity contribution is 5.85. The number of nitrogens with one attached hydrogen (secondary N) is 2. The molecule has 1 amide bonds. The normalized spacial score (nSPS) is 20.9. The van der Waals surface area contributed by atoms with Crippen molar-refractivity contribution < 1.29 is 9.18 Å². The molecule has 3 nitrogen and oxygen atoms in total. The van der Waals surface area contributed by atoms with E-state index in [4.69, 9.17) is 0 Å². The molecule has 3 rings (SSSR count). The van der Waals surface area contributed by atoms with Crippen LogP contribution in [-0.4, -0.2) is 25.5 Å². The summed E-state index contributed by atoms with van der Waals surface area (Å²) in [6.45, 7) is 4.48. The van der Waals surface area contributed by atoms with Crippen molar-refractivity contribution in [1.29, 1.82) is 0 Å². The molecular formula is C16H22ClFN2O. The van der Waals surface area contributed by atoms with Crippen LogP contribution < -0.4 is 10.6 Å². The lowest BCUT2D eigenvalue weighted by Gasteiger charge is -2.32. The number of hydrogen-bond acceptors (Lipinski definition) is 2. The van der Waals surface area contributed by atoms with Gasteiger partial charge in [0.05, 0.1) is 0 Å². The zero-order valence-corrected chi connectivity index (χ0v) is 13.0. The van der Waals surface area contributed by atoms with E-state index in [0.717, 1.165) is 31.5 Å². The Morgan fingerprint density at radius 2 is 2.19 bits per heavy atom. The maximum absolute atomic E-state index is 13.3. The van der Waals surface area contributed by atoms with Gasteiger partial charge in [-0.25, -0.2) is 4.39 Å². The highest BCUT2D eigenvalue weighted by atomic mass is 35.5. The SMILES string of the molecule is CC(C(=O)NCC1(c2cccc(F)c2)CC1)C1CNC1.Cl. The van der Waals surface area contributed by atoms with E-state index in [2.05, 4.69) is 10.6 Å². The van der Waals surface area contributed by atoms with E-state index in [9.17, 15) is 9.18 Å². The Labute approximate surface area is 131 Å². The van der Waals surface area contributed by atoms with Crippen molar-refractivity contribution in [2.45, 2.75) is 25.2 Å². The smallest absolute Gasteiger partial charge is 0.223 e. The van der Waals surface area contributed by atoms with Gasteiger partial charge in [-0.1, -0.05) is 19.1 Å². The maximum atomic E-state index is 13.3. The zero-order valence-electron chi connectivity index (χ0n) is 12.2. The summed E-state index contributed by atoms with van der Waals surface area (Å²) in [7, 11) is 0. The molecule has 0 bridgehead atoms. The minimum Gasteiger partial charge on any atom is -0.355 e. The number of rotatable bonds is 5. The van der Waals surface area contributed by atoms with E-state index in [1.807, 2.05) is 13.0 Å².